The number of hydrogen-bond donors (Lipinski definition) is 2. The van der Waals surface area contributed by atoms with E-state index in [2.05, 4.69) is 0 Å². The maximum atomic E-state index is 12.9. The minimum Gasteiger partial charge on any atom is -0.595 e. The predicted octanol–water partition coefficient (Wildman–Crippen LogP) is 2.95. The maximum Gasteiger partial charge on any atom is 0.343 e. The second-order valence-corrected chi connectivity index (χ2v) is 7.32. The molecule has 35 heavy (non-hydrogen) atoms. The van der Waals surface area contributed by atoms with Gasteiger partial charge in [-0.05, 0) is 36.4 Å². The molecule has 4 rings (SSSR count). The summed E-state index contributed by atoms with van der Waals surface area (Å²) in [4.78, 5) is 25.3. The van der Waals surface area contributed by atoms with E-state index in [0.717, 1.165) is 0 Å². The highest BCUT2D eigenvalue weighted by Crippen LogP contribution is 2.39. The number of benzene rings is 3. The van der Waals surface area contributed by atoms with Crippen molar-refractivity contribution in [1.29, 1.82) is 0 Å². The molecule has 1 heterocycles. The molecule has 10 heteroatoms. The molecule has 0 radical (unpaired) electrons. The number of carbonyl (C=O) groups is 2. The maximum absolute atomic E-state index is 12.9. The van der Waals surface area contributed by atoms with Gasteiger partial charge in [-0.25, -0.2) is 10.0 Å². The zero-order valence-electron chi connectivity index (χ0n) is 19.0. The van der Waals surface area contributed by atoms with Gasteiger partial charge in [-0.15, -0.1) is 0 Å². The monoisotopic (exact) mass is 479 g/mol. The summed E-state index contributed by atoms with van der Waals surface area (Å²) in [6.07, 6.45) is 1.53. The van der Waals surface area contributed by atoms with E-state index < -0.39 is 11.2 Å². The first-order valence-corrected chi connectivity index (χ1v) is 10.3. The summed E-state index contributed by atoms with van der Waals surface area (Å²) in [5, 5.41) is 18.8. The smallest absolute Gasteiger partial charge is 0.343 e. The molecule has 0 saturated carbocycles. The Bertz CT molecular complexity index is 1310. The largest absolute Gasteiger partial charge is 0.595 e. The number of nitrogens with one attached hydrogen (secondary N) is 1. The first kappa shape index (κ1) is 23.8. The average Bonchev–Trinajstić information content (AvgIpc) is 3.17. The van der Waals surface area contributed by atoms with Crippen molar-refractivity contribution in [2.75, 3.05) is 21.3 Å². The van der Waals surface area contributed by atoms with Gasteiger partial charge in [0.15, 0.2) is 22.9 Å². The van der Waals surface area contributed by atoms with E-state index in [9.17, 15) is 14.8 Å². The third-order valence-electron chi connectivity index (χ3n) is 5.24. The van der Waals surface area contributed by atoms with Gasteiger partial charge in [0.05, 0.1) is 32.5 Å². The normalized spacial score (nSPS) is 14.2. The Morgan fingerprint density at radius 1 is 0.943 bits per heavy atom. The lowest BCUT2D eigenvalue weighted by Gasteiger charge is -2.12. The second-order valence-electron chi connectivity index (χ2n) is 7.32. The molecule has 10 nitrogen and oxygen atoms in total. The molecular weight excluding hydrogens is 458 g/mol. The third kappa shape index (κ3) is 4.80. The van der Waals surface area contributed by atoms with Gasteiger partial charge >= 0.3 is 5.97 Å². The molecule has 0 spiro atoms. The number of hydrogen-bond acceptors (Lipinski definition) is 9. The van der Waals surface area contributed by atoms with Crippen LogP contribution in [0.1, 0.15) is 26.3 Å². The van der Waals surface area contributed by atoms with Crippen LogP contribution in [0.3, 0.4) is 0 Å². The zero-order chi connectivity index (χ0) is 25.1. The van der Waals surface area contributed by atoms with Crippen molar-refractivity contribution in [1.82, 2.24) is 0 Å². The van der Waals surface area contributed by atoms with Crippen molar-refractivity contribution in [2.24, 2.45) is 0 Å². The molecule has 1 atom stereocenters. The number of allylic oxidation sites excluding steroid dienone is 1. The Labute approximate surface area is 200 Å². The molecule has 2 N–H and O–H groups in total. The van der Waals surface area contributed by atoms with Crippen molar-refractivity contribution >= 4 is 23.5 Å². The van der Waals surface area contributed by atoms with Crippen LogP contribution in [0.2, 0.25) is 0 Å². The summed E-state index contributed by atoms with van der Waals surface area (Å²) in [5.74, 6) is 0.785. The van der Waals surface area contributed by atoms with Gasteiger partial charge in [0.2, 0.25) is 5.78 Å². The first-order chi connectivity index (χ1) is 16.8. The molecule has 0 amide bonds. The Balaban J connectivity index is 1.56. The molecule has 0 bridgehead atoms. The van der Waals surface area contributed by atoms with E-state index in [1.807, 2.05) is 0 Å². The van der Waals surface area contributed by atoms with Crippen molar-refractivity contribution in [3.63, 3.8) is 0 Å². The molecule has 0 saturated heterocycles. The van der Waals surface area contributed by atoms with Crippen LogP contribution in [0, 0.1) is 5.21 Å². The highest BCUT2D eigenvalue weighted by molar-refractivity contribution is 6.14. The van der Waals surface area contributed by atoms with Gasteiger partial charge in [0, 0.05) is 29.8 Å². The van der Waals surface area contributed by atoms with Gasteiger partial charge in [-0.3, -0.25) is 4.79 Å². The molecular formula is C25H21NO9. The van der Waals surface area contributed by atoms with Gasteiger partial charge in [0.25, 0.3) is 0 Å². The van der Waals surface area contributed by atoms with Crippen molar-refractivity contribution in [3.8, 4) is 28.7 Å². The van der Waals surface area contributed by atoms with Crippen molar-refractivity contribution < 1.29 is 43.7 Å². The van der Waals surface area contributed by atoms with Crippen LogP contribution < -0.4 is 28.9 Å². The van der Waals surface area contributed by atoms with Crippen LogP contribution in [0.4, 0.5) is 5.69 Å². The summed E-state index contributed by atoms with van der Waals surface area (Å²) in [7, 11) is 4.49. The van der Waals surface area contributed by atoms with E-state index in [4.69, 9.17) is 28.9 Å². The van der Waals surface area contributed by atoms with Crippen LogP contribution in [-0.4, -0.2) is 38.3 Å². The Morgan fingerprint density at radius 2 is 1.60 bits per heavy atom. The number of carbonyl (C=O) groups excluding carboxylic acids is 2. The summed E-state index contributed by atoms with van der Waals surface area (Å²) < 4.78 is 27.1. The molecule has 180 valence electrons. The van der Waals surface area contributed by atoms with E-state index in [-0.39, 0.29) is 34.3 Å². The number of ketones is 1. The van der Waals surface area contributed by atoms with E-state index >= 15 is 0 Å². The Hall–Kier alpha value is -4.38. The number of fused-ring (bicyclic) bond motifs is 1. The molecule has 1 aliphatic heterocycles. The number of methoxy groups -OCH3 is 3. The topological polar surface area (TPSA) is 128 Å². The lowest BCUT2D eigenvalue weighted by Crippen LogP contribution is -2.99. The Morgan fingerprint density at radius 3 is 2.23 bits per heavy atom. The van der Waals surface area contributed by atoms with Gasteiger partial charge in [-0.1, -0.05) is 0 Å². The van der Waals surface area contributed by atoms with Crippen LogP contribution >= 0.6 is 0 Å². The van der Waals surface area contributed by atoms with Gasteiger partial charge < -0.3 is 28.9 Å². The summed E-state index contributed by atoms with van der Waals surface area (Å²) in [5.41, 5.74) is 1.07. The highest BCUT2D eigenvalue weighted by Gasteiger charge is 2.29. The lowest BCUT2D eigenvalue weighted by atomic mass is 10.1. The van der Waals surface area contributed by atoms with Gasteiger partial charge in [-0.2, -0.15) is 5.23 Å². The zero-order valence-corrected chi connectivity index (χ0v) is 19.0. The summed E-state index contributed by atoms with van der Waals surface area (Å²) in [6, 6.07) is 13.0. The molecule has 3 aromatic carbocycles. The first-order valence-electron chi connectivity index (χ1n) is 10.3. The molecule has 1 unspecified atom stereocenters. The fourth-order valence-corrected chi connectivity index (χ4v) is 3.45. The third-order valence-corrected chi connectivity index (χ3v) is 5.24. The average molecular weight is 479 g/mol. The van der Waals surface area contributed by atoms with Crippen LogP contribution in [0.5, 0.6) is 28.7 Å². The fraction of sp³-hybridized carbons (Fsp3) is 0.120. The van der Waals surface area contributed by atoms with Crippen LogP contribution in [-0.2, 0) is 0 Å². The summed E-state index contributed by atoms with van der Waals surface area (Å²) >= 11 is 0. The SMILES string of the molecule is COc1cc(OC)c(OC)cc1C=C1Oc2cc(OC(=O)c3ccc([NH+]([O-])O)cc3)ccc2C1=O. The Kier molecular flexibility index (Phi) is 6.69. The number of quaternary nitrogens is 1. The summed E-state index contributed by atoms with van der Waals surface area (Å²) in [6.45, 7) is 0. The lowest BCUT2D eigenvalue weighted by molar-refractivity contribution is -0.991. The standard InChI is InChI=1S/C25H21NO9/c1-31-19-13-22(33-3)21(32-2)10-15(19)11-23-24(27)18-9-8-17(12-20(18)35-23)34-25(28)14-4-6-16(7-5-14)26(29)30/h4-13,26,29H,1-3H3. The minimum absolute atomic E-state index is 0.0522. The molecule has 1 aliphatic rings. The molecule has 0 aliphatic carbocycles. The molecule has 0 fully saturated rings. The highest BCUT2D eigenvalue weighted by atomic mass is 16.8. The van der Waals surface area contributed by atoms with Crippen molar-refractivity contribution in [3.05, 3.63) is 82.3 Å². The van der Waals surface area contributed by atoms with E-state index in [1.165, 1.54) is 69.9 Å². The second kappa shape index (κ2) is 9.85. The van der Waals surface area contributed by atoms with Crippen LogP contribution in [0.15, 0.2) is 60.4 Å². The number of Topliss-reactive ketones (excluding diaryl/α,β-unsaturated/α-hetero) is 1. The van der Waals surface area contributed by atoms with Crippen LogP contribution in [0.25, 0.3) is 6.08 Å². The quantitative estimate of drug-likeness (QED) is 0.227. The van der Waals surface area contributed by atoms with E-state index in [0.29, 0.717) is 28.4 Å². The number of rotatable bonds is 7. The van der Waals surface area contributed by atoms with Gasteiger partial charge in [0.1, 0.15) is 17.2 Å². The fourth-order valence-electron chi connectivity index (χ4n) is 3.45. The number of ether oxygens (including phenoxy) is 5. The van der Waals surface area contributed by atoms with Crippen molar-refractivity contribution in [2.45, 2.75) is 0 Å². The molecule has 3 aromatic rings. The predicted molar refractivity (Wildman–Crippen MR) is 123 cm³/mol. The molecule has 0 aromatic heterocycles. The van der Waals surface area contributed by atoms with E-state index in [1.54, 1.807) is 12.1 Å². The minimum atomic E-state index is -1.10. The number of esters is 1.